The first-order valence-corrected chi connectivity index (χ1v) is 7.40. The van der Waals surface area contributed by atoms with E-state index < -0.39 is 0 Å². The molecule has 0 radical (unpaired) electrons. The summed E-state index contributed by atoms with van der Waals surface area (Å²) in [5.74, 6) is 0.272. The summed E-state index contributed by atoms with van der Waals surface area (Å²) in [5, 5.41) is 2.88. The Morgan fingerprint density at radius 2 is 2.19 bits per heavy atom. The van der Waals surface area contributed by atoms with Gasteiger partial charge in [0.25, 0.3) is 0 Å². The predicted octanol–water partition coefficient (Wildman–Crippen LogP) is 1.80. The maximum Gasteiger partial charge on any atom is 0.234 e. The van der Waals surface area contributed by atoms with Gasteiger partial charge in [-0.15, -0.1) is 0 Å². The van der Waals surface area contributed by atoms with E-state index in [0.717, 1.165) is 31.7 Å². The molecular weight excluding hydrogens is 271 g/mol. The Balaban J connectivity index is 1.72. The molecule has 2 rings (SSSR count). The second kappa shape index (κ2) is 8.10. The molecule has 1 aliphatic rings. The van der Waals surface area contributed by atoms with Gasteiger partial charge in [0.15, 0.2) is 0 Å². The summed E-state index contributed by atoms with van der Waals surface area (Å²) in [6.45, 7) is 3.49. The molecule has 0 spiro atoms. The number of carbonyl (C=O) groups is 1. The average Bonchev–Trinajstić information content (AvgIpc) is 2.47. The Morgan fingerprint density at radius 3 is 2.90 bits per heavy atom. The van der Waals surface area contributed by atoms with Crippen LogP contribution in [0.25, 0.3) is 0 Å². The van der Waals surface area contributed by atoms with Crippen LogP contribution in [0, 0.1) is 11.7 Å². The zero-order valence-electron chi connectivity index (χ0n) is 12.5. The Morgan fingerprint density at radius 1 is 1.43 bits per heavy atom. The largest absolute Gasteiger partial charge is 0.384 e. The van der Waals surface area contributed by atoms with Crippen molar-refractivity contribution in [3.63, 3.8) is 0 Å². The number of amides is 1. The summed E-state index contributed by atoms with van der Waals surface area (Å²) in [5.41, 5.74) is 0.903. The van der Waals surface area contributed by atoms with Crippen molar-refractivity contribution in [2.24, 2.45) is 5.92 Å². The molecular formula is C16H23FN2O2. The van der Waals surface area contributed by atoms with Gasteiger partial charge in [0.2, 0.25) is 5.91 Å². The topological polar surface area (TPSA) is 41.6 Å². The number of hydrogen-bond acceptors (Lipinski definition) is 3. The molecule has 1 aromatic carbocycles. The molecule has 1 atom stereocenters. The Kier molecular flexibility index (Phi) is 6.14. The Labute approximate surface area is 125 Å². The number of hydrogen-bond donors (Lipinski definition) is 1. The van der Waals surface area contributed by atoms with Crippen molar-refractivity contribution in [3.8, 4) is 0 Å². The lowest BCUT2D eigenvalue weighted by atomic mass is 9.99. The number of methoxy groups -OCH3 is 1. The van der Waals surface area contributed by atoms with Gasteiger partial charge in [-0.1, -0.05) is 12.1 Å². The van der Waals surface area contributed by atoms with Crippen molar-refractivity contribution < 1.29 is 13.9 Å². The smallest absolute Gasteiger partial charge is 0.234 e. The lowest BCUT2D eigenvalue weighted by molar-refractivity contribution is -0.122. The summed E-state index contributed by atoms with van der Waals surface area (Å²) in [7, 11) is 1.72. The molecule has 0 bridgehead atoms. The standard InChI is InChI=1S/C16H23FN2O2/c1-21-12-14-3-2-8-19(10-14)11-16(20)18-9-13-4-6-15(17)7-5-13/h4-7,14H,2-3,8-12H2,1H3,(H,18,20)/t14-/m0/s1. The summed E-state index contributed by atoms with van der Waals surface area (Å²) >= 11 is 0. The molecule has 1 fully saturated rings. The second-order valence-corrected chi connectivity index (χ2v) is 5.60. The number of benzene rings is 1. The number of likely N-dealkylation sites (tertiary alicyclic amines) is 1. The van der Waals surface area contributed by atoms with Crippen LogP contribution in [-0.2, 0) is 16.1 Å². The van der Waals surface area contributed by atoms with Gasteiger partial charge >= 0.3 is 0 Å². The van der Waals surface area contributed by atoms with Gasteiger partial charge in [-0.25, -0.2) is 4.39 Å². The van der Waals surface area contributed by atoms with Crippen LogP contribution in [0.2, 0.25) is 0 Å². The lowest BCUT2D eigenvalue weighted by Gasteiger charge is -2.31. The maximum atomic E-state index is 12.8. The molecule has 4 nitrogen and oxygen atoms in total. The van der Waals surface area contributed by atoms with E-state index in [1.54, 1.807) is 19.2 Å². The fourth-order valence-electron chi connectivity index (χ4n) is 2.73. The van der Waals surface area contributed by atoms with Gasteiger partial charge in [0, 0.05) is 20.2 Å². The highest BCUT2D eigenvalue weighted by atomic mass is 19.1. The SMILES string of the molecule is COC[C@H]1CCCN(CC(=O)NCc2ccc(F)cc2)C1. The molecule has 1 saturated heterocycles. The number of rotatable bonds is 6. The number of nitrogens with zero attached hydrogens (tertiary/aromatic N) is 1. The molecule has 1 N–H and O–H groups in total. The highest BCUT2D eigenvalue weighted by Gasteiger charge is 2.21. The summed E-state index contributed by atoms with van der Waals surface area (Å²) in [6.07, 6.45) is 2.28. The van der Waals surface area contributed by atoms with Crippen LogP contribution in [0.5, 0.6) is 0 Å². The van der Waals surface area contributed by atoms with Crippen molar-refractivity contribution in [1.82, 2.24) is 10.2 Å². The molecule has 1 heterocycles. The van der Waals surface area contributed by atoms with E-state index in [0.29, 0.717) is 19.0 Å². The van der Waals surface area contributed by atoms with Crippen molar-refractivity contribution in [1.29, 1.82) is 0 Å². The molecule has 1 aromatic rings. The number of halogens is 1. The first kappa shape index (κ1) is 15.9. The third-order valence-electron chi connectivity index (χ3n) is 3.78. The van der Waals surface area contributed by atoms with Gasteiger partial charge in [-0.3, -0.25) is 9.69 Å². The van der Waals surface area contributed by atoms with E-state index in [-0.39, 0.29) is 11.7 Å². The average molecular weight is 294 g/mol. The van der Waals surface area contributed by atoms with Crippen LogP contribution in [0.4, 0.5) is 4.39 Å². The minimum atomic E-state index is -0.262. The minimum absolute atomic E-state index is 0.0115. The van der Waals surface area contributed by atoms with Crippen LogP contribution in [-0.4, -0.2) is 44.2 Å². The van der Waals surface area contributed by atoms with E-state index in [2.05, 4.69) is 10.2 Å². The second-order valence-electron chi connectivity index (χ2n) is 5.60. The molecule has 1 aliphatic heterocycles. The molecule has 0 aliphatic carbocycles. The van der Waals surface area contributed by atoms with Gasteiger partial charge < -0.3 is 10.1 Å². The molecule has 0 aromatic heterocycles. The van der Waals surface area contributed by atoms with Crippen molar-refractivity contribution >= 4 is 5.91 Å². The summed E-state index contributed by atoms with van der Waals surface area (Å²) < 4.78 is 18.0. The van der Waals surface area contributed by atoms with Crippen molar-refractivity contribution in [2.75, 3.05) is 33.4 Å². The predicted molar refractivity (Wildman–Crippen MR) is 79.3 cm³/mol. The number of piperidine rings is 1. The molecule has 21 heavy (non-hydrogen) atoms. The third kappa shape index (κ3) is 5.44. The van der Waals surface area contributed by atoms with Crippen LogP contribution in [0.3, 0.4) is 0 Å². The highest BCUT2D eigenvalue weighted by Crippen LogP contribution is 2.16. The van der Waals surface area contributed by atoms with E-state index in [1.165, 1.54) is 18.6 Å². The quantitative estimate of drug-likeness (QED) is 0.870. The zero-order chi connectivity index (χ0) is 15.1. The van der Waals surface area contributed by atoms with E-state index in [4.69, 9.17) is 4.74 Å². The van der Waals surface area contributed by atoms with Gasteiger partial charge in [0.05, 0.1) is 13.2 Å². The van der Waals surface area contributed by atoms with Crippen LogP contribution < -0.4 is 5.32 Å². The Bertz CT molecular complexity index is 448. The molecule has 1 amide bonds. The first-order chi connectivity index (χ1) is 10.2. The van der Waals surface area contributed by atoms with Crippen LogP contribution in [0.1, 0.15) is 18.4 Å². The number of ether oxygens (including phenoxy) is 1. The van der Waals surface area contributed by atoms with Crippen LogP contribution in [0.15, 0.2) is 24.3 Å². The summed E-state index contributed by atoms with van der Waals surface area (Å²) in [6, 6.07) is 6.18. The van der Waals surface area contributed by atoms with Gasteiger partial charge in [-0.2, -0.15) is 0 Å². The first-order valence-electron chi connectivity index (χ1n) is 7.40. The zero-order valence-corrected chi connectivity index (χ0v) is 12.5. The van der Waals surface area contributed by atoms with Gasteiger partial charge in [-0.05, 0) is 43.0 Å². The minimum Gasteiger partial charge on any atom is -0.384 e. The maximum absolute atomic E-state index is 12.8. The van der Waals surface area contributed by atoms with Crippen molar-refractivity contribution in [3.05, 3.63) is 35.6 Å². The van der Waals surface area contributed by atoms with E-state index in [1.807, 2.05) is 0 Å². The van der Waals surface area contributed by atoms with E-state index in [9.17, 15) is 9.18 Å². The molecule has 5 heteroatoms. The lowest BCUT2D eigenvalue weighted by Crippen LogP contribution is -2.43. The molecule has 0 unspecified atom stereocenters. The fraction of sp³-hybridized carbons (Fsp3) is 0.562. The summed E-state index contributed by atoms with van der Waals surface area (Å²) in [4.78, 5) is 14.1. The molecule has 116 valence electrons. The van der Waals surface area contributed by atoms with Gasteiger partial charge in [0.1, 0.15) is 5.82 Å². The number of nitrogens with one attached hydrogen (secondary N) is 1. The van der Waals surface area contributed by atoms with Crippen LogP contribution >= 0.6 is 0 Å². The fourth-order valence-corrected chi connectivity index (χ4v) is 2.73. The molecule has 0 saturated carbocycles. The van der Waals surface area contributed by atoms with E-state index >= 15 is 0 Å². The highest BCUT2D eigenvalue weighted by molar-refractivity contribution is 5.78. The third-order valence-corrected chi connectivity index (χ3v) is 3.78. The van der Waals surface area contributed by atoms with Crippen molar-refractivity contribution in [2.45, 2.75) is 19.4 Å². The Hall–Kier alpha value is -1.46. The normalized spacial score (nSPS) is 19.4. The monoisotopic (exact) mass is 294 g/mol. The number of carbonyl (C=O) groups excluding carboxylic acids is 1.